The number of esters is 1. The smallest absolute Gasteiger partial charge is 0.374 e. The number of anilines is 2. The van der Waals surface area contributed by atoms with Gasteiger partial charge in [-0.25, -0.2) is 4.79 Å². The van der Waals surface area contributed by atoms with Crippen LogP contribution in [0.1, 0.15) is 23.2 Å². The Balaban J connectivity index is 1.46. The monoisotopic (exact) mass is 408 g/mol. The topological polar surface area (TPSA) is 107 Å². The third kappa shape index (κ3) is 6.23. The first-order valence-corrected chi connectivity index (χ1v) is 9.11. The van der Waals surface area contributed by atoms with Gasteiger partial charge in [0.2, 0.25) is 11.7 Å². The molecule has 2 aromatic carbocycles. The number of nitrogens with one attached hydrogen (secondary N) is 2. The van der Waals surface area contributed by atoms with Crippen molar-refractivity contribution in [3.63, 3.8) is 0 Å². The molecule has 0 saturated carbocycles. The van der Waals surface area contributed by atoms with Crippen molar-refractivity contribution < 1.29 is 28.3 Å². The third-order valence-corrected chi connectivity index (χ3v) is 3.79. The van der Waals surface area contributed by atoms with Gasteiger partial charge in [-0.15, -0.1) is 0 Å². The van der Waals surface area contributed by atoms with E-state index in [9.17, 15) is 14.4 Å². The third-order valence-electron chi connectivity index (χ3n) is 3.79. The second kappa shape index (κ2) is 9.92. The molecule has 0 radical (unpaired) electrons. The normalized spacial score (nSPS) is 10.2. The van der Waals surface area contributed by atoms with E-state index in [4.69, 9.17) is 13.9 Å². The summed E-state index contributed by atoms with van der Waals surface area (Å²) in [6, 6.07) is 18.9. The fraction of sp³-hybridized carbons (Fsp3) is 0.136. The van der Waals surface area contributed by atoms with Gasteiger partial charge in [-0.1, -0.05) is 24.3 Å². The molecule has 1 aromatic heterocycles. The average Bonchev–Trinajstić information content (AvgIpc) is 3.20. The van der Waals surface area contributed by atoms with E-state index in [-0.39, 0.29) is 18.3 Å². The van der Waals surface area contributed by atoms with Crippen molar-refractivity contribution in [2.75, 3.05) is 17.2 Å². The van der Waals surface area contributed by atoms with E-state index in [0.717, 1.165) is 0 Å². The molecule has 30 heavy (non-hydrogen) atoms. The molecule has 0 saturated heterocycles. The number of para-hydroxylation sites is 1. The molecular formula is C22H20N2O6. The highest BCUT2D eigenvalue weighted by molar-refractivity contribution is 5.95. The zero-order valence-electron chi connectivity index (χ0n) is 16.2. The lowest BCUT2D eigenvalue weighted by Crippen LogP contribution is -2.20. The van der Waals surface area contributed by atoms with E-state index in [1.54, 1.807) is 30.3 Å². The molecule has 0 aliphatic heterocycles. The first kappa shape index (κ1) is 20.7. The molecule has 154 valence electrons. The SMILES string of the molecule is CC(=O)Nc1cccc(NC(=O)COC(=O)c2ccc(COc3ccccc3)o2)c1. The number of furan rings is 1. The summed E-state index contributed by atoms with van der Waals surface area (Å²) in [5, 5.41) is 5.20. The highest BCUT2D eigenvalue weighted by Gasteiger charge is 2.15. The minimum Gasteiger partial charge on any atom is -0.486 e. The predicted octanol–water partition coefficient (Wildman–Crippen LogP) is 3.61. The van der Waals surface area contributed by atoms with Gasteiger partial charge >= 0.3 is 5.97 Å². The summed E-state index contributed by atoms with van der Waals surface area (Å²) in [5.74, 6) is -0.408. The van der Waals surface area contributed by atoms with Crippen LogP contribution in [-0.2, 0) is 20.9 Å². The van der Waals surface area contributed by atoms with Gasteiger partial charge in [0.05, 0.1) is 0 Å². The summed E-state index contributed by atoms with van der Waals surface area (Å²) in [7, 11) is 0. The summed E-state index contributed by atoms with van der Waals surface area (Å²) < 4.78 is 15.9. The molecule has 8 nitrogen and oxygen atoms in total. The van der Waals surface area contributed by atoms with Gasteiger partial charge in [-0.05, 0) is 42.5 Å². The highest BCUT2D eigenvalue weighted by Crippen LogP contribution is 2.16. The van der Waals surface area contributed by atoms with E-state index >= 15 is 0 Å². The second-order valence-electron chi connectivity index (χ2n) is 6.25. The van der Waals surface area contributed by atoms with Gasteiger partial charge < -0.3 is 24.5 Å². The minimum atomic E-state index is -0.761. The van der Waals surface area contributed by atoms with Crippen LogP contribution < -0.4 is 15.4 Å². The number of hydrogen-bond donors (Lipinski definition) is 2. The largest absolute Gasteiger partial charge is 0.486 e. The first-order valence-electron chi connectivity index (χ1n) is 9.11. The Morgan fingerprint density at radius 1 is 0.900 bits per heavy atom. The Hall–Kier alpha value is -4.07. The number of amides is 2. The van der Waals surface area contributed by atoms with Gasteiger partial charge in [0.1, 0.15) is 18.1 Å². The Morgan fingerprint density at radius 3 is 2.37 bits per heavy atom. The molecule has 0 aliphatic carbocycles. The van der Waals surface area contributed by atoms with Gasteiger partial charge in [-0.3, -0.25) is 9.59 Å². The Morgan fingerprint density at radius 2 is 1.63 bits per heavy atom. The van der Waals surface area contributed by atoms with E-state index in [2.05, 4.69) is 10.6 Å². The number of carbonyl (C=O) groups is 3. The lowest BCUT2D eigenvalue weighted by molar-refractivity contribution is -0.119. The Kier molecular flexibility index (Phi) is 6.83. The zero-order valence-corrected chi connectivity index (χ0v) is 16.2. The number of ether oxygens (including phenoxy) is 2. The molecule has 3 rings (SSSR count). The van der Waals surface area contributed by atoms with E-state index in [0.29, 0.717) is 22.9 Å². The van der Waals surface area contributed by atoms with Gasteiger partial charge in [0, 0.05) is 18.3 Å². The first-order chi connectivity index (χ1) is 14.5. The lowest BCUT2D eigenvalue weighted by atomic mass is 10.2. The summed E-state index contributed by atoms with van der Waals surface area (Å²) in [6.45, 7) is 1.06. The molecule has 0 aliphatic rings. The molecule has 0 unspecified atom stereocenters. The predicted molar refractivity (Wildman–Crippen MR) is 109 cm³/mol. The lowest BCUT2D eigenvalue weighted by Gasteiger charge is -2.08. The van der Waals surface area contributed by atoms with Crippen molar-refractivity contribution >= 4 is 29.2 Å². The van der Waals surface area contributed by atoms with Crippen molar-refractivity contribution in [3.05, 3.63) is 78.3 Å². The van der Waals surface area contributed by atoms with E-state index in [1.807, 2.05) is 30.3 Å². The molecule has 3 aromatic rings. The molecule has 2 amide bonds. The molecular weight excluding hydrogens is 388 g/mol. The maximum absolute atomic E-state index is 12.1. The van der Waals surface area contributed by atoms with Crippen LogP contribution in [0.4, 0.5) is 11.4 Å². The van der Waals surface area contributed by atoms with Crippen LogP contribution in [0.25, 0.3) is 0 Å². The van der Waals surface area contributed by atoms with Crippen LogP contribution in [0.2, 0.25) is 0 Å². The van der Waals surface area contributed by atoms with Crippen LogP contribution in [0, 0.1) is 0 Å². The van der Waals surface area contributed by atoms with Crippen LogP contribution in [0.3, 0.4) is 0 Å². The van der Waals surface area contributed by atoms with Crippen molar-refractivity contribution in [1.29, 1.82) is 0 Å². The zero-order chi connectivity index (χ0) is 21.3. The highest BCUT2D eigenvalue weighted by atomic mass is 16.6. The quantitative estimate of drug-likeness (QED) is 0.552. The van der Waals surface area contributed by atoms with Gasteiger partial charge in [0.25, 0.3) is 5.91 Å². The molecule has 2 N–H and O–H groups in total. The van der Waals surface area contributed by atoms with Crippen molar-refractivity contribution in [1.82, 2.24) is 0 Å². The van der Waals surface area contributed by atoms with Crippen molar-refractivity contribution in [2.24, 2.45) is 0 Å². The Bertz CT molecular complexity index is 1030. The number of hydrogen-bond acceptors (Lipinski definition) is 6. The number of rotatable bonds is 8. The summed E-state index contributed by atoms with van der Waals surface area (Å²) >= 11 is 0. The molecule has 0 atom stereocenters. The average molecular weight is 408 g/mol. The molecule has 8 heteroatoms. The minimum absolute atomic E-state index is 0.0258. The van der Waals surface area contributed by atoms with Crippen molar-refractivity contribution in [3.8, 4) is 5.75 Å². The fourth-order valence-corrected chi connectivity index (χ4v) is 2.51. The molecule has 0 spiro atoms. The molecule has 1 heterocycles. The fourth-order valence-electron chi connectivity index (χ4n) is 2.51. The maximum Gasteiger partial charge on any atom is 0.374 e. The van der Waals surface area contributed by atoms with Crippen molar-refractivity contribution in [2.45, 2.75) is 13.5 Å². The summed E-state index contributed by atoms with van der Waals surface area (Å²) in [5.41, 5.74) is 0.999. The van der Waals surface area contributed by atoms with Gasteiger partial charge in [0.15, 0.2) is 6.61 Å². The molecule has 0 bridgehead atoms. The van der Waals surface area contributed by atoms with Gasteiger partial charge in [-0.2, -0.15) is 0 Å². The number of benzene rings is 2. The number of carbonyl (C=O) groups excluding carboxylic acids is 3. The van der Waals surface area contributed by atoms with E-state index in [1.165, 1.54) is 13.0 Å². The van der Waals surface area contributed by atoms with Crippen LogP contribution >= 0.6 is 0 Å². The van der Waals surface area contributed by atoms with Crippen LogP contribution in [0.5, 0.6) is 5.75 Å². The summed E-state index contributed by atoms with van der Waals surface area (Å²) in [4.78, 5) is 35.2. The molecule has 0 fully saturated rings. The summed E-state index contributed by atoms with van der Waals surface area (Å²) in [6.07, 6.45) is 0. The standard InChI is InChI=1S/C22H20N2O6/c1-15(25)23-16-6-5-7-17(12-16)24-21(26)14-29-22(27)20-11-10-19(30-20)13-28-18-8-3-2-4-9-18/h2-12H,13-14H2,1H3,(H,23,25)(H,24,26). The Labute approximate surface area is 172 Å². The van der Waals surface area contributed by atoms with Crippen LogP contribution in [-0.4, -0.2) is 24.4 Å². The van der Waals surface area contributed by atoms with Crippen LogP contribution in [0.15, 0.2) is 71.1 Å². The second-order valence-corrected chi connectivity index (χ2v) is 6.25. The van der Waals surface area contributed by atoms with E-state index < -0.39 is 18.5 Å². The maximum atomic E-state index is 12.1.